The summed E-state index contributed by atoms with van der Waals surface area (Å²) in [5.41, 5.74) is 3.71. The number of nitrogens with one attached hydrogen (secondary N) is 1. The molecule has 0 saturated heterocycles. The Bertz CT molecular complexity index is 688. The van der Waals surface area contributed by atoms with Crippen molar-refractivity contribution in [2.75, 3.05) is 25.5 Å². The van der Waals surface area contributed by atoms with Gasteiger partial charge in [0.15, 0.2) is 0 Å². The minimum Gasteiger partial charge on any atom is -0.450 e. The van der Waals surface area contributed by atoms with Crippen LogP contribution in [0.5, 0.6) is 0 Å². The molecule has 2 aromatic rings. The normalized spacial score (nSPS) is 13.3. The van der Waals surface area contributed by atoms with Crippen LogP contribution in [0, 0.1) is 0 Å². The number of hydrogen-bond donors (Lipinski definition) is 1. The molecule has 3 rings (SSSR count). The lowest BCUT2D eigenvalue weighted by atomic mass is 9.93. The van der Waals surface area contributed by atoms with Gasteiger partial charge in [0.1, 0.15) is 0 Å². The van der Waals surface area contributed by atoms with Crippen molar-refractivity contribution in [1.82, 2.24) is 4.90 Å². The molecule has 1 heterocycles. The predicted octanol–water partition coefficient (Wildman–Crippen LogP) is 3.82. The molecule has 0 fully saturated rings. The van der Waals surface area contributed by atoms with Crippen LogP contribution in [-0.4, -0.2) is 31.2 Å². The van der Waals surface area contributed by atoms with E-state index in [0.29, 0.717) is 19.7 Å². The molecule has 0 unspecified atom stereocenters. The highest BCUT2D eigenvalue weighted by Gasteiger charge is 2.24. The lowest BCUT2D eigenvalue weighted by Gasteiger charge is -2.30. The van der Waals surface area contributed by atoms with Gasteiger partial charge in [-0.3, -0.25) is 0 Å². The minimum absolute atomic E-state index is 0. The number of carbonyl (C=O) groups is 1. The van der Waals surface area contributed by atoms with Crippen LogP contribution in [0.2, 0.25) is 0 Å². The molecule has 0 spiro atoms. The molecule has 2 aromatic carbocycles. The minimum atomic E-state index is -0.220. The van der Waals surface area contributed by atoms with E-state index in [1.165, 1.54) is 27.6 Å². The first kappa shape index (κ1) is 16.4. The van der Waals surface area contributed by atoms with E-state index in [4.69, 9.17) is 4.74 Å². The highest BCUT2D eigenvalue weighted by atomic mass is 35.5. The zero-order valence-electron chi connectivity index (χ0n) is 12.9. The van der Waals surface area contributed by atoms with Crippen molar-refractivity contribution >= 4 is 35.0 Å². The number of benzene rings is 2. The third kappa shape index (κ3) is 2.83. The van der Waals surface area contributed by atoms with E-state index >= 15 is 0 Å². The van der Waals surface area contributed by atoms with E-state index in [2.05, 4.69) is 29.6 Å². The highest BCUT2D eigenvalue weighted by molar-refractivity contribution is 5.96. The quantitative estimate of drug-likeness (QED) is 0.914. The maximum absolute atomic E-state index is 11.9. The fourth-order valence-corrected chi connectivity index (χ4v) is 3.06. The van der Waals surface area contributed by atoms with Crippen molar-refractivity contribution < 1.29 is 9.53 Å². The molecule has 22 heavy (non-hydrogen) atoms. The Balaban J connectivity index is 0.00000176. The van der Waals surface area contributed by atoms with Gasteiger partial charge < -0.3 is 15.0 Å². The second kappa shape index (κ2) is 6.88. The summed E-state index contributed by atoms with van der Waals surface area (Å²) >= 11 is 0. The van der Waals surface area contributed by atoms with Crippen molar-refractivity contribution in [3.63, 3.8) is 0 Å². The Morgan fingerprint density at radius 1 is 1.36 bits per heavy atom. The summed E-state index contributed by atoms with van der Waals surface area (Å²) < 4.78 is 5.11. The summed E-state index contributed by atoms with van der Waals surface area (Å²) in [5, 5.41) is 5.77. The van der Waals surface area contributed by atoms with Crippen molar-refractivity contribution in [1.29, 1.82) is 0 Å². The van der Waals surface area contributed by atoms with Crippen molar-refractivity contribution in [2.24, 2.45) is 0 Å². The van der Waals surface area contributed by atoms with E-state index in [1.807, 2.05) is 20.0 Å². The van der Waals surface area contributed by atoms with Crippen LogP contribution in [0.4, 0.5) is 10.5 Å². The first-order chi connectivity index (χ1) is 10.2. The summed E-state index contributed by atoms with van der Waals surface area (Å²) in [6, 6.07) is 10.5. The molecule has 0 aromatic heterocycles. The number of fused-ring (bicyclic) bond motifs is 2. The summed E-state index contributed by atoms with van der Waals surface area (Å²) in [6.45, 7) is 3.58. The van der Waals surface area contributed by atoms with E-state index in [0.717, 1.165) is 6.42 Å². The van der Waals surface area contributed by atoms with Crippen LogP contribution in [0.3, 0.4) is 0 Å². The van der Waals surface area contributed by atoms with Crippen LogP contribution < -0.4 is 5.32 Å². The zero-order chi connectivity index (χ0) is 14.8. The fraction of sp³-hybridized carbons (Fsp3) is 0.353. The lowest BCUT2D eigenvalue weighted by Crippen LogP contribution is -2.36. The molecule has 0 atom stereocenters. The van der Waals surface area contributed by atoms with Crippen molar-refractivity contribution in [2.45, 2.75) is 19.9 Å². The molecule has 0 saturated carbocycles. The number of carbonyl (C=O) groups excluding carboxylic acids is 1. The average molecular weight is 321 g/mol. The summed E-state index contributed by atoms with van der Waals surface area (Å²) in [4.78, 5) is 13.7. The number of halogens is 1. The third-order valence-electron chi connectivity index (χ3n) is 4.02. The number of ether oxygens (including phenoxy) is 1. The number of anilines is 1. The van der Waals surface area contributed by atoms with Crippen LogP contribution in [0.15, 0.2) is 30.3 Å². The Morgan fingerprint density at radius 3 is 2.86 bits per heavy atom. The third-order valence-corrected chi connectivity index (χ3v) is 4.02. The molecule has 1 aliphatic heterocycles. The second-order valence-electron chi connectivity index (χ2n) is 5.23. The van der Waals surface area contributed by atoms with Gasteiger partial charge in [-0.1, -0.05) is 24.3 Å². The predicted molar refractivity (Wildman–Crippen MR) is 91.9 cm³/mol. The van der Waals surface area contributed by atoms with Crippen LogP contribution >= 0.6 is 12.4 Å². The van der Waals surface area contributed by atoms with E-state index in [1.54, 1.807) is 4.90 Å². The molecule has 4 nitrogen and oxygen atoms in total. The Morgan fingerprint density at radius 2 is 2.14 bits per heavy atom. The maximum atomic E-state index is 11.9. The Hall–Kier alpha value is -1.94. The number of hydrogen-bond acceptors (Lipinski definition) is 3. The monoisotopic (exact) mass is 320 g/mol. The Kier molecular flexibility index (Phi) is 5.14. The molecule has 0 radical (unpaired) electrons. The maximum Gasteiger partial charge on any atom is 0.410 e. The summed E-state index contributed by atoms with van der Waals surface area (Å²) in [6.07, 6.45) is 0.636. The van der Waals surface area contributed by atoms with Gasteiger partial charge in [0.05, 0.1) is 6.61 Å². The fourth-order valence-electron chi connectivity index (χ4n) is 3.06. The van der Waals surface area contributed by atoms with Crippen LogP contribution in [0.25, 0.3) is 10.8 Å². The molecule has 118 valence electrons. The van der Waals surface area contributed by atoms with Gasteiger partial charge in [-0.15, -0.1) is 12.4 Å². The van der Waals surface area contributed by atoms with Crippen LogP contribution in [0.1, 0.15) is 18.1 Å². The van der Waals surface area contributed by atoms with Crippen molar-refractivity contribution in [3.8, 4) is 0 Å². The lowest BCUT2D eigenvalue weighted by molar-refractivity contribution is 0.103. The molecular weight excluding hydrogens is 300 g/mol. The molecule has 1 amide bonds. The number of amides is 1. The van der Waals surface area contributed by atoms with Gasteiger partial charge in [-0.2, -0.15) is 0 Å². The van der Waals surface area contributed by atoms with Gasteiger partial charge in [-0.25, -0.2) is 4.79 Å². The van der Waals surface area contributed by atoms with Gasteiger partial charge in [-0.05, 0) is 35.9 Å². The van der Waals surface area contributed by atoms with E-state index in [9.17, 15) is 4.79 Å². The first-order valence-corrected chi connectivity index (χ1v) is 7.37. The smallest absolute Gasteiger partial charge is 0.410 e. The molecule has 0 aliphatic carbocycles. The van der Waals surface area contributed by atoms with Gasteiger partial charge in [0.25, 0.3) is 0 Å². The average Bonchev–Trinajstić information content (AvgIpc) is 2.52. The second-order valence-corrected chi connectivity index (χ2v) is 5.23. The van der Waals surface area contributed by atoms with Crippen LogP contribution in [-0.2, 0) is 17.7 Å². The Labute approximate surface area is 136 Å². The molecular formula is C17H21ClN2O2. The van der Waals surface area contributed by atoms with E-state index < -0.39 is 0 Å². The zero-order valence-corrected chi connectivity index (χ0v) is 13.7. The summed E-state index contributed by atoms with van der Waals surface area (Å²) in [5.74, 6) is 0. The summed E-state index contributed by atoms with van der Waals surface area (Å²) in [7, 11) is 1.96. The SMILES string of the molecule is CCOC(=O)N1CCc2c(cc3ccccc3c2NC)C1.Cl. The van der Waals surface area contributed by atoms with Crippen molar-refractivity contribution in [3.05, 3.63) is 41.5 Å². The topological polar surface area (TPSA) is 41.6 Å². The number of rotatable bonds is 2. The largest absolute Gasteiger partial charge is 0.450 e. The van der Waals surface area contributed by atoms with Gasteiger partial charge >= 0.3 is 6.09 Å². The molecule has 1 aliphatic rings. The van der Waals surface area contributed by atoms with Gasteiger partial charge in [0.2, 0.25) is 0 Å². The first-order valence-electron chi connectivity index (χ1n) is 7.37. The number of nitrogens with zero attached hydrogens (tertiary/aromatic N) is 1. The molecule has 1 N–H and O–H groups in total. The van der Waals surface area contributed by atoms with E-state index in [-0.39, 0.29) is 18.5 Å². The molecule has 0 bridgehead atoms. The standard InChI is InChI=1S/C17H20N2O2.ClH/c1-3-21-17(20)19-9-8-15-13(11-19)10-12-6-4-5-7-14(12)16(15)18-2;/h4-7,10,18H,3,8-9,11H2,1-2H3;1H. The molecule has 5 heteroatoms. The highest BCUT2D eigenvalue weighted by Crippen LogP contribution is 2.34. The van der Waals surface area contributed by atoms with Gasteiger partial charge in [0, 0.05) is 31.2 Å².